The highest BCUT2D eigenvalue weighted by Crippen LogP contribution is 2.23. The van der Waals surface area contributed by atoms with E-state index in [4.69, 9.17) is 4.74 Å². The molecule has 0 aliphatic rings. The highest BCUT2D eigenvalue weighted by atomic mass is 19.3. The van der Waals surface area contributed by atoms with Crippen LogP contribution in [0.2, 0.25) is 0 Å². The summed E-state index contributed by atoms with van der Waals surface area (Å²) in [5.41, 5.74) is -0.453. The summed E-state index contributed by atoms with van der Waals surface area (Å²) in [6.45, 7) is -0.875. The molecular weight excluding hydrogens is 346 g/mol. The SMILES string of the molecule is COc1ccccc1-n1c(=O)c(C(=O)NCC(F)F)nc2cccnc21. The van der Waals surface area contributed by atoms with E-state index >= 15 is 0 Å². The van der Waals surface area contributed by atoms with Crippen molar-refractivity contribution in [2.45, 2.75) is 6.43 Å². The first-order valence-corrected chi connectivity index (χ1v) is 7.60. The molecular formula is C17H14F2N4O3. The normalized spacial score (nSPS) is 10.9. The molecule has 3 aromatic rings. The Morgan fingerprint density at radius 2 is 2.04 bits per heavy atom. The number of carbonyl (C=O) groups is 1. The summed E-state index contributed by atoms with van der Waals surface area (Å²) in [4.78, 5) is 33.2. The van der Waals surface area contributed by atoms with E-state index in [1.54, 1.807) is 36.4 Å². The average molecular weight is 360 g/mol. The topological polar surface area (TPSA) is 86.1 Å². The van der Waals surface area contributed by atoms with Gasteiger partial charge in [-0.05, 0) is 24.3 Å². The number of hydrogen-bond acceptors (Lipinski definition) is 5. The van der Waals surface area contributed by atoms with Crippen LogP contribution in [0.15, 0.2) is 47.4 Å². The van der Waals surface area contributed by atoms with Crippen LogP contribution in [0.4, 0.5) is 8.78 Å². The summed E-state index contributed by atoms with van der Waals surface area (Å²) in [5.74, 6) is -0.601. The van der Waals surface area contributed by atoms with Crippen molar-refractivity contribution in [1.29, 1.82) is 0 Å². The lowest BCUT2D eigenvalue weighted by Crippen LogP contribution is -2.36. The van der Waals surface area contributed by atoms with E-state index in [1.165, 1.54) is 17.9 Å². The number of aromatic nitrogens is 3. The molecule has 0 fully saturated rings. The van der Waals surface area contributed by atoms with Gasteiger partial charge in [0, 0.05) is 6.20 Å². The van der Waals surface area contributed by atoms with Crippen LogP contribution >= 0.6 is 0 Å². The minimum Gasteiger partial charge on any atom is -0.495 e. The molecule has 1 aromatic carbocycles. The number of fused-ring (bicyclic) bond motifs is 1. The largest absolute Gasteiger partial charge is 0.495 e. The van der Waals surface area contributed by atoms with Crippen molar-refractivity contribution in [2.24, 2.45) is 0 Å². The molecule has 2 aromatic heterocycles. The highest BCUT2D eigenvalue weighted by molar-refractivity contribution is 5.93. The number of pyridine rings is 1. The molecule has 9 heteroatoms. The quantitative estimate of drug-likeness (QED) is 0.750. The third-order valence-corrected chi connectivity index (χ3v) is 3.57. The van der Waals surface area contributed by atoms with Crippen LogP contribution in [0.1, 0.15) is 10.5 Å². The summed E-state index contributed by atoms with van der Waals surface area (Å²) < 4.78 is 31.2. The molecule has 134 valence electrons. The number of nitrogens with one attached hydrogen (secondary N) is 1. The van der Waals surface area contributed by atoms with E-state index in [1.807, 2.05) is 5.32 Å². The Labute approximate surface area is 146 Å². The molecule has 0 unspecified atom stereocenters. The van der Waals surface area contributed by atoms with Gasteiger partial charge in [0.1, 0.15) is 11.3 Å². The van der Waals surface area contributed by atoms with E-state index in [-0.39, 0.29) is 11.2 Å². The molecule has 0 aliphatic carbocycles. The number of para-hydroxylation sites is 2. The van der Waals surface area contributed by atoms with Crippen molar-refractivity contribution >= 4 is 17.1 Å². The van der Waals surface area contributed by atoms with Gasteiger partial charge in [0.05, 0.1) is 19.3 Å². The number of methoxy groups -OCH3 is 1. The third kappa shape index (κ3) is 3.23. The fraction of sp³-hybridized carbons (Fsp3) is 0.176. The second kappa shape index (κ2) is 7.26. The molecule has 0 radical (unpaired) electrons. The first-order chi connectivity index (χ1) is 12.5. The molecule has 2 heterocycles. The number of ether oxygens (including phenoxy) is 1. The summed E-state index contributed by atoms with van der Waals surface area (Å²) in [6, 6.07) is 9.84. The maximum Gasteiger partial charge on any atom is 0.288 e. The van der Waals surface area contributed by atoms with Crippen LogP contribution in [0.25, 0.3) is 16.9 Å². The summed E-state index contributed by atoms with van der Waals surface area (Å²) in [7, 11) is 1.44. The summed E-state index contributed by atoms with van der Waals surface area (Å²) >= 11 is 0. The smallest absolute Gasteiger partial charge is 0.288 e. The van der Waals surface area contributed by atoms with Crippen molar-refractivity contribution in [3.05, 3.63) is 58.6 Å². The fourth-order valence-electron chi connectivity index (χ4n) is 2.46. The lowest BCUT2D eigenvalue weighted by molar-refractivity contribution is 0.0885. The molecule has 3 rings (SSSR count). The molecule has 1 amide bonds. The summed E-state index contributed by atoms with van der Waals surface area (Å²) in [6.07, 6.45) is -1.26. The molecule has 7 nitrogen and oxygen atoms in total. The molecule has 0 aliphatic heterocycles. The zero-order valence-corrected chi connectivity index (χ0v) is 13.6. The van der Waals surface area contributed by atoms with Crippen LogP contribution in [-0.2, 0) is 0 Å². The van der Waals surface area contributed by atoms with Crippen LogP contribution in [0, 0.1) is 0 Å². The van der Waals surface area contributed by atoms with E-state index in [9.17, 15) is 18.4 Å². The molecule has 0 saturated heterocycles. The second-order valence-corrected chi connectivity index (χ2v) is 5.22. The van der Waals surface area contributed by atoms with Gasteiger partial charge in [-0.2, -0.15) is 0 Å². The second-order valence-electron chi connectivity index (χ2n) is 5.22. The number of hydrogen-bond donors (Lipinski definition) is 1. The Hall–Kier alpha value is -3.36. The number of benzene rings is 1. The lowest BCUT2D eigenvalue weighted by Gasteiger charge is -2.14. The zero-order valence-electron chi connectivity index (χ0n) is 13.6. The van der Waals surface area contributed by atoms with Gasteiger partial charge in [-0.15, -0.1) is 0 Å². The number of rotatable bonds is 5. The molecule has 0 spiro atoms. The van der Waals surface area contributed by atoms with E-state index in [0.29, 0.717) is 11.4 Å². The Morgan fingerprint density at radius 1 is 1.27 bits per heavy atom. The minimum atomic E-state index is -2.74. The molecule has 0 saturated carbocycles. The number of halogens is 2. The van der Waals surface area contributed by atoms with Gasteiger partial charge in [-0.1, -0.05) is 12.1 Å². The van der Waals surface area contributed by atoms with E-state index in [2.05, 4.69) is 9.97 Å². The van der Waals surface area contributed by atoms with E-state index in [0.717, 1.165) is 0 Å². The average Bonchev–Trinajstić information content (AvgIpc) is 2.65. The van der Waals surface area contributed by atoms with Crippen LogP contribution in [-0.4, -0.2) is 40.5 Å². The maximum absolute atomic E-state index is 12.9. The lowest BCUT2D eigenvalue weighted by atomic mass is 10.2. The van der Waals surface area contributed by atoms with Gasteiger partial charge in [0.2, 0.25) is 0 Å². The molecule has 1 N–H and O–H groups in total. The van der Waals surface area contributed by atoms with Gasteiger partial charge in [-0.3, -0.25) is 14.2 Å². The zero-order chi connectivity index (χ0) is 18.7. The Balaban J connectivity index is 2.26. The molecule has 0 bridgehead atoms. The Kier molecular flexibility index (Phi) is 4.87. The van der Waals surface area contributed by atoms with Gasteiger partial charge in [0.25, 0.3) is 17.9 Å². The van der Waals surface area contributed by atoms with Crippen molar-refractivity contribution < 1.29 is 18.3 Å². The third-order valence-electron chi connectivity index (χ3n) is 3.57. The molecule has 0 atom stereocenters. The number of amides is 1. The van der Waals surface area contributed by atoms with Crippen molar-refractivity contribution in [2.75, 3.05) is 13.7 Å². The van der Waals surface area contributed by atoms with Crippen LogP contribution in [0.3, 0.4) is 0 Å². The molecule has 26 heavy (non-hydrogen) atoms. The number of alkyl halides is 2. The fourth-order valence-corrected chi connectivity index (χ4v) is 2.46. The first-order valence-electron chi connectivity index (χ1n) is 7.60. The van der Waals surface area contributed by atoms with Crippen LogP contribution < -0.4 is 15.6 Å². The van der Waals surface area contributed by atoms with Gasteiger partial charge in [-0.25, -0.2) is 18.7 Å². The number of nitrogens with zero attached hydrogens (tertiary/aromatic N) is 3. The first kappa shape index (κ1) is 17.5. The predicted molar refractivity (Wildman–Crippen MR) is 90.0 cm³/mol. The number of carbonyl (C=O) groups excluding carboxylic acids is 1. The predicted octanol–water partition coefficient (Wildman–Crippen LogP) is 1.78. The van der Waals surface area contributed by atoms with Crippen LogP contribution in [0.5, 0.6) is 5.75 Å². The highest BCUT2D eigenvalue weighted by Gasteiger charge is 2.21. The van der Waals surface area contributed by atoms with Crippen molar-refractivity contribution in [3.63, 3.8) is 0 Å². The van der Waals surface area contributed by atoms with Gasteiger partial charge < -0.3 is 10.1 Å². The monoisotopic (exact) mass is 360 g/mol. The van der Waals surface area contributed by atoms with E-state index < -0.39 is 30.1 Å². The minimum absolute atomic E-state index is 0.215. The maximum atomic E-state index is 12.9. The van der Waals surface area contributed by atoms with Crippen molar-refractivity contribution in [3.8, 4) is 11.4 Å². The van der Waals surface area contributed by atoms with Crippen molar-refractivity contribution in [1.82, 2.24) is 19.9 Å². The Morgan fingerprint density at radius 3 is 2.77 bits per heavy atom. The van der Waals surface area contributed by atoms with Gasteiger partial charge in [0.15, 0.2) is 11.3 Å². The standard InChI is InChI=1S/C17H14F2N4O3/c1-26-12-7-3-2-6-11(12)23-15-10(5-4-8-20-15)22-14(17(23)25)16(24)21-9-13(18)19/h2-8,13H,9H2,1H3,(H,21,24). The Bertz CT molecular complexity index is 1020. The van der Waals surface area contributed by atoms with Gasteiger partial charge >= 0.3 is 0 Å². The summed E-state index contributed by atoms with van der Waals surface area (Å²) in [5, 5.41) is 1.99.